The summed E-state index contributed by atoms with van der Waals surface area (Å²) in [5, 5.41) is 2.97. The summed E-state index contributed by atoms with van der Waals surface area (Å²) in [4.78, 5) is 12.2. The molecule has 1 aromatic rings. The topological polar surface area (TPSA) is 73.6 Å². The first-order chi connectivity index (χ1) is 9.94. The van der Waals surface area contributed by atoms with Crippen LogP contribution in [0.1, 0.15) is 45.2 Å². The number of hydrogen-bond donors (Lipinski definition) is 2. The third-order valence-electron chi connectivity index (χ3n) is 3.70. The van der Waals surface area contributed by atoms with Crippen LogP contribution in [0.5, 0.6) is 11.5 Å². The van der Waals surface area contributed by atoms with E-state index in [0.717, 1.165) is 23.5 Å². The largest absolute Gasteiger partial charge is 0.486 e. The molecule has 3 N–H and O–H groups in total. The molecule has 5 heteroatoms. The number of carbonyl (C=O) groups is 1. The van der Waals surface area contributed by atoms with Crippen LogP contribution >= 0.6 is 0 Å². The molecule has 116 valence electrons. The fourth-order valence-electron chi connectivity index (χ4n) is 2.41. The highest BCUT2D eigenvalue weighted by atomic mass is 16.6. The van der Waals surface area contributed by atoms with Gasteiger partial charge in [0, 0.05) is 0 Å². The van der Waals surface area contributed by atoms with Gasteiger partial charge in [-0.3, -0.25) is 4.79 Å². The fourth-order valence-corrected chi connectivity index (χ4v) is 2.41. The first-order valence-electron chi connectivity index (χ1n) is 7.43. The molecule has 0 radical (unpaired) electrons. The monoisotopic (exact) mass is 292 g/mol. The Kier molecular flexibility index (Phi) is 4.73. The summed E-state index contributed by atoms with van der Waals surface area (Å²) in [7, 11) is 0. The Hall–Kier alpha value is -1.75. The van der Waals surface area contributed by atoms with E-state index < -0.39 is 5.54 Å². The first-order valence-corrected chi connectivity index (χ1v) is 7.43. The van der Waals surface area contributed by atoms with Crippen LogP contribution in [-0.2, 0) is 4.79 Å². The van der Waals surface area contributed by atoms with Gasteiger partial charge in [-0.1, -0.05) is 19.4 Å². The smallest absolute Gasteiger partial charge is 0.240 e. The Morgan fingerprint density at radius 3 is 2.71 bits per heavy atom. The van der Waals surface area contributed by atoms with Gasteiger partial charge in [0.25, 0.3) is 0 Å². The molecule has 2 rings (SSSR count). The second kappa shape index (κ2) is 6.35. The maximum absolute atomic E-state index is 12.2. The van der Waals surface area contributed by atoms with Crippen LogP contribution in [0.25, 0.3) is 0 Å². The normalized spacial score (nSPS) is 17.7. The first kappa shape index (κ1) is 15.6. The Bertz CT molecular complexity index is 514. The van der Waals surface area contributed by atoms with Crippen LogP contribution in [0.3, 0.4) is 0 Å². The number of nitrogens with one attached hydrogen (secondary N) is 1. The second-order valence-electron chi connectivity index (χ2n) is 5.77. The van der Waals surface area contributed by atoms with Crippen molar-refractivity contribution < 1.29 is 14.3 Å². The number of benzene rings is 1. The van der Waals surface area contributed by atoms with Crippen molar-refractivity contribution in [2.24, 2.45) is 5.73 Å². The summed E-state index contributed by atoms with van der Waals surface area (Å²) in [5.74, 6) is 1.34. The van der Waals surface area contributed by atoms with Gasteiger partial charge < -0.3 is 20.5 Å². The molecule has 0 bridgehead atoms. The molecule has 1 amide bonds. The maximum atomic E-state index is 12.2. The van der Waals surface area contributed by atoms with Gasteiger partial charge in [0.15, 0.2) is 11.5 Å². The van der Waals surface area contributed by atoms with E-state index in [9.17, 15) is 4.79 Å². The van der Waals surface area contributed by atoms with Crippen molar-refractivity contribution in [1.29, 1.82) is 0 Å². The lowest BCUT2D eigenvalue weighted by molar-refractivity contribution is -0.126. The Balaban J connectivity index is 2.06. The van der Waals surface area contributed by atoms with E-state index in [2.05, 4.69) is 5.32 Å². The summed E-state index contributed by atoms with van der Waals surface area (Å²) >= 11 is 0. The van der Waals surface area contributed by atoms with Crippen LogP contribution in [0.4, 0.5) is 0 Å². The summed E-state index contributed by atoms with van der Waals surface area (Å²) in [6.45, 7) is 6.84. The molecule has 21 heavy (non-hydrogen) atoms. The number of ether oxygens (including phenoxy) is 2. The van der Waals surface area contributed by atoms with E-state index in [1.807, 2.05) is 32.0 Å². The van der Waals surface area contributed by atoms with Crippen molar-refractivity contribution in [2.75, 3.05) is 13.2 Å². The lowest BCUT2D eigenvalue weighted by atomic mass is 9.95. The summed E-state index contributed by atoms with van der Waals surface area (Å²) in [6, 6.07) is 5.59. The number of hydrogen-bond acceptors (Lipinski definition) is 4. The van der Waals surface area contributed by atoms with E-state index in [1.165, 1.54) is 0 Å². The third-order valence-corrected chi connectivity index (χ3v) is 3.70. The van der Waals surface area contributed by atoms with Gasteiger partial charge in [-0.25, -0.2) is 0 Å². The number of nitrogens with two attached hydrogens (primary N) is 1. The molecule has 2 unspecified atom stereocenters. The highest BCUT2D eigenvalue weighted by Crippen LogP contribution is 2.32. The zero-order valence-corrected chi connectivity index (χ0v) is 12.9. The van der Waals surface area contributed by atoms with E-state index >= 15 is 0 Å². The van der Waals surface area contributed by atoms with E-state index in [1.54, 1.807) is 6.92 Å². The molecule has 1 aliphatic rings. The van der Waals surface area contributed by atoms with Crippen LogP contribution < -0.4 is 20.5 Å². The molecule has 0 aliphatic carbocycles. The zero-order valence-electron chi connectivity index (χ0n) is 12.9. The van der Waals surface area contributed by atoms with Crippen molar-refractivity contribution in [3.05, 3.63) is 23.8 Å². The molecular weight excluding hydrogens is 268 g/mol. The van der Waals surface area contributed by atoms with Gasteiger partial charge in [0.05, 0.1) is 11.6 Å². The molecule has 0 spiro atoms. The highest BCUT2D eigenvalue weighted by Gasteiger charge is 2.28. The Labute approximate surface area is 125 Å². The summed E-state index contributed by atoms with van der Waals surface area (Å²) < 4.78 is 11.1. The Morgan fingerprint density at radius 2 is 2.05 bits per heavy atom. The second-order valence-corrected chi connectivity index (χ2v) is 5.77. The van der Waals surface area contributed by atoms with Crippen LogP contribution in [-0.4, -0.2) is 24.7 Å². The van der Waals surface area contributed by atoms with Gasteiger partial charge in [-0.2, -0.15) is 0 Å². The summed E-state index contributed by atoms with van der Waals surface area (Å²) in [6.07, 6.45) is 1.53. The minimum absolute atomic E-state index is 0.131. The lowest BCUT2D eigenvalue weighted by Crippen LogP contribution is -2.52. The standard InChI is InChI=1S/C16H24N2O3/c1-4-7-16(3,17)15(19)18-11(2)12-5-6-13-14(10-12)21-9-8-20-13/h5-6,10-11H,4,7-9,17H2,1-3H3,(H,18,19). The molecule has 1 heterocycles. The van der Waals surface area contributed by atoms with Crippen molar-refractivity contribution in [2.45, 2.75) is 45.2 Å². The predicted octanol–water partition coefficient (Wildman–Crippen LogP) is 2.15. The SMILES string of the molecule is CCCC(C)(N)C(=O)NC(C)c1ccc2c(c1)OCCO2. The Morgan fingerprint density at radius 1 is 1.38 bits per heavy atom. The van der Waals surface area contributed by atoms with Crippen molar-refractivity contribution >= 4 is 5.91 Å². The number of carbonyl (C=O) groups excluding carboxylic acids is 1. The van der Waals surface area contributed by atoms with Gasteiger partial charge in [0.1, 0.15) is 13.2 Å². The van der Waals surface area contributed by atoms with Gasteiger partial charge in [-0.05, 0) is 38.0 Å². The third kappa shape index (κ3) is 3.67. The molecule has 0 fully saturated rings. The molecule has 1 aromatic carbocycles. The molecule has 0 saturated carbocycles. The maximum Gasteiger partial charge on any atom is 0.240 e. The molecule has 1 aliphatic heterocycles. The molecule has 2 atom stereocenters. The lowest BCUT2D eigenvalue weighted by Gasteiger charge is -2.26. The minimum Gasteiger partial charge on any atom is -0.486 e. The molecule has 5 nitrogen and oxygen atoms in total. The average Bonchev–Trinajstić information content (AvgIpc) is 2.46. The van der Waals surface area contributed by atoms with E-state index in [4.69, 9.17) is 15.2 Å². The zero-order chi connectivity index (χ0) is 15.5. The predicted molar refractivity (Wildman–Crippen MR) is 81.5 cm³/mol. The van der Waals surface area contributed by atoms with Crippen LogP contribution in [0, 0.1) is 0 Å². The van der Waals surface area contributed by atoms with Crippen molar-refractivity contribution in [1.82, 2.24) is 5.32 Å². The van der Waals surface area contributed by atoms with E-state index in [0.29, 0.717) is 19.6 Å². The van der Waals surface area contributed by atoms with Crippen LogP contribution in [0.15, 0.2) is 18.2 Å². The summed E-state index contributed by atoms with van der Waals surface area (Å²) in [5.41, 5.74) is 6.19. The van der Waals surface area contributed by atoms with Crippen LogP contribution in [0.2, 0.25) is 0 Å². The minimum atomic E-state index is -0.836. The van der Waals surface area contributed by atoms with Gasteiger partial charge >= 0.3 is 0 Å². The van der Waals surface area contributed by atoms with Gasteiger partial charge in [-0.15, -0.1) is 0 Å². The molecule has 0 saturated heterocycles. The molecular formula is C16H24N2O3. The highest BCUT2D eigenvalue weighted by molar-refractivity contribution is 5.85. The quantitative estimate of drug-likeness (QED) is 0.872. The fraction of sp³-hybridized carbons (Fsp3) is 0.562. The van der Waals surface area contributed by atoms with Gasteiger partial charge in [0.2, 0.25) is 5.91 Å². The van der Waals surface area contributed by atoms with E-state index in [-0.39, 0.29) is 11.9 Å². The number of amides is 1. The van der Waals surface area contributed by atoms with Crippen molar-refractivity contribution in [3.8, 4) is 11.5 Å². The van der Waals surface area contributed by atoms with Crippen molar-refractivity contribution in [3.63, 3.8) is 0 Å². The number of rotatable bonds is 5. The number of fused-ring (bicyclic) bond motifs is 1. The molecule has 0 aromatic heterocycles. The average molecular weight is 292 g/mol.